The van der Waals surface area contributed by atoms with Crippen LogP contribution >= 0.6 is 23.2 Å². The lowest BCUT2D eigenvalue weighted by atomic mass is 10.2. The van der Waals surface area contributed by atoms with Crippen LogP contribution < -0.4 is 10.6 Å². The van der Waals surface area contributed by atoms with Gasteiger partial charge in [-0.25, -0.2) is 4.98 Å². The van der Waals surface area contributed by atoms with Gasteiger partial charge in [0.15, 0.2) is 0 Å². The van der Waals surface area contributed by atoms with Crippen LogP contribution in [0, 0.1) is 11.3 Å². The number of amides is 1. The topological polar surface area (TPSA) is 77.8 Å². The molecule has 0 fully saturated rings. The number of benzene rings is 2. The van der Waals surface area contributed by atoms with Gasteiger partial charge in [-0.2, -0.15) is 5.26 Å². The summed E-state index contributed by atoms with van der Waals surface area (Å²) < 4.78 is 0. The first-order valence-corrected chi connectivity index (χ1v) is 8.30. The van der Waals surface area contributed by atoms with Crippen LogP contribution in [0.15, 0.2) is 60.8 Å². The van der Waals surface area contributed by atoms with Gasteiger partial charge in [0, 0.05) is 27.6 Å². The van der Waals surface area contributed by atoms with Crippen LogP contribution in [0.4, 0.5) is 17.2 Å². The van der Waals surface area contributed by atoms with E-state index in [-0.39, 0.29) is 5.91 Å². The molecule has 0 radical (unpaired) electrons. The number of pyridine rings is 1. The normalized spacial score (nSPS) is 10.0. The smallest absolute Gasteiger partial charge is 0.257 e. The Morgan fingerprint density at radius 2 is 1.65 bits per heavy atom. The van der Waals surface area contributed by atoms with Gasteiger partial charge in [-0.3, -0.25) is 4.79 Å². The van der Waals surface area contributed by atoms with Gasteiger partial charge in [-0.1, -0.05) is 23.2 Å². The highest BCUT2D eigenvalue weighted by atomic mass is 35.5. The zero-order valence-corrected chi connectivity index (χ0v) is 14.8. The molecule has 0 aliphatic carbocycles. The fraction of sp³-hybridized carbons (Fsp3) is 0. The molecule has 0 bridgehead atoms. The summed E-state index contributed by atoms with van der Waals surface area (Å²) in [7, 11) is 0. The number of rotatable bonds is 4. The molecule has 0 atom stereocenters. The Labute approximate surface area is 160 Å². The number of carbonyl (C=O) groups excluding carboxylic acids is 1. The fourth-order valence-electron chi connectivity index (χ4n) is 2.21. The lowest BCUT2D eigenvalue weighted by Gasteiger charge is -2.08. The van der Waals surface area contributed by atoms with E-state index in [0.717, 1.165) is 5.69 Å². The van der Waals surface area contributed by atoms with Gasteiger partial charge in [0.25, 0.3) is 5.91 Å². The number of hydrogen-bond acceptors (Lipinski definition) is 4. The number of nitriles is 1. The lowest BCUT2D eigenvalue weighted by Crippen LogP contribution is -2.12. The molecule has 2 N–H and O–H groups in total. The number of anilines is 3. The van der Waals surface area contributed by atoms with Crippen LogP contribution in [0.5, 0.6) is 0 Å². The van der Waals surface area contributed by atoms with Crippen LogP contribution in [0.2, 0.25) is 10.0 Å². The SMILES string of the molecule is N#Cc1ccc(Nc2ccc(C(=O)Nc3cc(Cl)cc(Cl)c3)cn2)cc1. The summed E-state index contributed by atoms with van der Waals surface area (Å²) in [5, 5.41) is 15.5. The van der Waals surface area contributed by atoms with Crippen molar-refractivity contribution in [3.8, 4) is 6.07 Å². The Bertz CT molecular complexity index is 960. The zero-order valence-electron chi connectivity index (χ0n) is 13.3. The van der Waals surface area contributed by atoms with Gasteiger partial charge in [-0.05, 0) is 54.6 Å². The summed E-state index contributed by atoms with van der Waals surface area (Å²) in [6, 6.07) is 17.2. The molecule has 7 heteroatoms. The summed E-state index contributed by atoms with van der Waals surface area (Å²) in [6.45, 7) is 0. The van der Waals surface area contributed by atoms with Gasteiger partial charge in [0.05, 0.1) is 17.2 Å². The van der Waals surface area contributed by atoms with E-state index in [1.807, 2.05) is 0 Å². The van der Waals surface area contributed by atoms with Gasteiger partial charge in [0.1, 0.15) is 5.82 Å². The van der Waals surface area contributed by atoms with Gasteiger partial charge < -0.3 is 10.6 Å². The molecule has 2 aromatic carbocycles. The quantitative estimate of drug-likeness (QED) is 0.645. The Morgan fingerprint density at radius 3 is 2.23 bits per heavy atom. The van der Waals surface area contributed by atoms with E-state index in [4.69, 9.17) is 28.5 Å². The lowest BCUT2D eigenvalue weighted by molar-refractivity contribution is 0.102. The molecular weight excluding hydrogens is 371 g/mol. The summed E-state index contributed by atoms with van der Waals surface area (Å²) >= 11 is 11.8. The van der Waals surface area contributed by atoms with Crippen molar-refractivity contribution in [3.63, 3.8) is 0 Å². The third kappa shape index (κ3) is 4.51. The maximum Gasteiger partial charge on any atom is 0.257 e. The van der Waals surface area contributed by atoms with E-state index in [2.05, 4.69) is 21.7 Å². The van der Waals surface area contributed by atoms with Gasteiger partial charge in [0.2, 0.25) is 0 Å². The van der Waals surface area contributed by atoms with Gasteiger partial charge in [-0.15, -0.1) is 0 Å². The largest absolute Gasteiger partial charge is 0.340 e. The molecule has 26 heavy (non-hydrogen) atoms. The molecule has 1 amide bonds. The predicted molar refractivity (Wildman–Crippen MR) is 103 cm³/mol. The van der Waals surface area contributed by atoms with Crippen molar-refractivity contribution in [2.45, 2.75) is 0 Å². The first kappa shape index (κ1) is 17.7. The minimum atomic E-state index is -0.319. The average Bonchev–Trinajstić information content (AvgIpc) is 2.62. The maximum absolute atomic E-state index is 12.3. The van der Waals surface area contributed by atoms with E-state index in [1.54, 1.807) is 54.6 Å². The van der Waals surface area contributed by atoms with E-state index in [9.17, 15) is 4.79 Å². The maximum atomic E-state index is 12.3. The number of carbonyl (C=O) groups is 1. The number of nitrogens with zero attached hydrogens (tertiary/aromatic N) is 2. The van der Waals surface area contributed by atoms with Crippen molar-refractivity contribution in [1.82, 2.24) is 4.98 Å². The number of halogens is 2. The van der Waals surface area contributed by atoms with E-state index in [1.165, 1.54) is 6.20 Å². The third-order valence-electron chi connectivity index (χ3n) is 3.43. The summed E-state index contributed by atoms with van der Waals surface area (Å²) in [6.07, 6.45) is 1.47. The monoisotopic (exact) mass is 382 g/mol. The van der Waals surface area contributed by atoms with E-state index in [0.29, 0.717) is 32.7 Å². The highest BCUT2D eigenvalue weighted by molar-refractivity contribution is 6.35. The average molecular weight is 383 g/mol. The number of aromatic nitrogens is 1. The molecule has 0 unspecified atom stereocenters. The molecule has 3 aromatic rings. The van der Waals surface area contributed by atoms with Crippen LogP contribution in [0.3, 0.4) is 0 Å². The van der Waals surface area contributed by atoms with Gasteiger partial charge >= 0.3 is 0 Å². The minimum absolute atomic E-state index is 0.319. The highest BCUT2D eigenvalue weighted by Gasteiger charge is 2.08. The first-order valence-electron chi connectivity index (χ1n) is 7.54. The molecule has 0 aliphatic heterocycles. The second-order valence-electron chi connectivity index (χ2n) is 5.36. The summed E-state index contributed by atoms with van der Waals surface area (Å²) in [5.41, 5.74) is 2.28. The Kier molecular flexibility index (Phi) is 5.37. The van der Waals surface area contributed by atoms with Crippen LogP contribution in [0.25, 0.3) is 0 Å². The minimum Gasteiger partial charge on any atom is -0.340 e. The predicted octanol–water partition coefficient (Wildman–Crippen LogP) is 5.26. The second kappa shape index (κ2) is 7.87. The number of nitrogens with one attached hydrogen (secondary N) is 2. The van der Waals surface area contributed by atoms with Crippen LogP contribution in [-0.2, 0) is 0 Å². The highest BCUT2D eigenvalue weighted by Crippen LogP contribution is 2.23. The fourth-order valence-corrected chi connectivity index (χ4v) is 2.73. The van der Waals surface area contributed by atoms with Crippen molar-refractivity contribution < 1.29 is 4.79 Å². The molecule has 5 nitrogen and oxygen atoms in total. The summed E-state index contributed by atoms with van der Waals surface area (Å²) in [4.78, 5) is 16.5. The van der Waals surface area contributed by atoms with Crippen molar-refractivity contribution in [1.29, 1.82) is 5.26 Å². The molecule has 3 rings (SSSR count). The Hall–Kier alpha value is -3.07. The Balaban J connectivity index is 1.68. The first-order chi connectivity index (χ1) is 12.5. The van der Waals surface area contributed by atoms with Crippen molar-refractivity contribution in [2.75, 3.05) is 10.6 Å². The third-order valence-corrected chi connectivity index (χ3v) is 3.87. The second-order valence-corrected chi connectivity index (χ2v) is 6.23. The molecule has 0 saturated heterocycles. The molecule has 0 spiro atoms. The molecule has 1 heterocycles. The van der Waals surface area contributed by atoms with E-state index < -0.39 is 0 Å². The molecule has 0 saturated carbocycles. The van der Waals surface area contributed by atoms with Crippen molar-refractivity contribution in [3.05, 3.63) is 82.0 Å². The summed E-state index contributed by atoms with van der Waals surface area (Å²) in [5.74, 6) is 0.262. The molecule has 128 valence electrons. The zero-order chi connectivity index (χ0) is 18.5. The molecule has 1 aromatic heterocycles. The van der Waals surface area contributed by atoms with Crippen LogP contribution in [-0.4, -0.2) is 10.9 Å². The molecular formula is C19H12Cl2N4O. The standard InChI is InChI=1S/C19H12Cl2N4O/c20-14-7-15(21)9-17(8-14)25-19(26)13-3-6-18(23-11-13)24-16-4-1-12(10-22)2-5-16/h1-9,11H,(H,23,24)(H,25,26). The molecule has 0 aliphatic rings. The van der Waals surface area contributed by atoms with Crippen LogP contribution in [0.1, 0.15) is 15.9 Å². The van der Waals surface area contributed by atoms with Crippen molar-refractivity contribution >= 4 is 46.3 Å². The van der Waals surface area contributed by atoms with Crippen molar-refractivity contribution in [2.24, 2.45) is 0 Å². The Morgan fingerprint density at radius 1 is 0.962 bits per heavy atom. The number of hydrogen-bond donors (Lipinski definition) is 2. The van der Waals surface area contributed by atoms with E-state index >= 15 is 0 Å².